The average Bonchev–Trinajstić information content (AvgIpc) is 2.95. The third-order valence-electron chi connectivity index (χ3n) is 3.54. The highest BCUT2D eigenvalue weighted by atomic mass is 32.2. The number of hydrogen-bond acceptors (Lipinski definition) is 4. The smallest absolute Gasteiger partial charge is 0.243 e. The molecule has 1 aromatic carbocycles. The quantitative estimate of drug-likeness (QED) is 0.816. The number of aliphatic hydroxyl groups excluding tert-OH is 1. The van der Waals surface area contributed by atoms with Crippen LogP contribution in [0.5, 0.6) is 0 Å². The number of hydrogen-bond donors (Lipinski definition) is 2. The number of carbonyl (C=O) groups is 1. The van der Waals surface area contributed by atoms with Gasteiger partial charge in [-0.25, -0.2) is 8.42 Å². The van der Waals surface area contributed by atoms with Gasteiger partial charge in [0.2, 0.25) is 15.9 Å². The van der Waals surface area contributed by atoms with Crippen molar-refractivity contribution in [1.82, 2.24) is 9.62 Å². The van der Waals surface area contributed by atoms with Gasteiger partial charge in [-0.1, -0.05) is 17.7 Å². The molecule has 0 bridgehead atoms. The van der Waals surface area contributed by atoms with Gasteiger partial charge in [0.15, 0.2) is 0 Å². The molecule has 7 heteroatoms. The Bertz CT molecular complexity index is 598. The van der Waals surface area contributed by atoms with Crippen LogP contribution in [0.25, 0.3) is 0 Å². The molecule has 1 saturated heterocycles. The number of nitrogens with zero attached hydrogens (tertiary/aromatic N) is 1. The van der Waals surface area contributed by atoms with Crippen molar-refractivity contribution in [1.29, 1.82) is 0 Å². The fourth-order valence-electron chi connectivity index (χ4n) is 2.43. The van der Waals surface area contributed by atoms with Crippen LogP contribution < -0.4 is 5.32 Å². The van der Waals surface area contributed by atoms with Gasteiger partial charge in [0.25, 0.3) is 0 Å². The second kappa shape index (κ2) is 6.55. The summed E-state index contributed by atoms with van der Waals surface area (Å²) in [7, 11) is -3.66. The number of aryl methyl sites for hydroxylation is 1. The van der Waals surface area contributed by atoms with E-state index in [1.165, 1.54) is 4.31 Å². The molecule has 1 amide bonds. The zero-order valence-electron chi connectivity index (χ0n) is 11.9. The summed E-state index contributed by atoms with van der Waals surface area (Å²) in [5, 5.41) is 11.3. The molecule has 1 aromatic rings. The molecular formula is C14H20N2O4S. The first-order chi connectivity index (χ1) is 9.96. The summed E-state index contributed by atoms with van der Waals surface area (Å²) in [6, 6.07) is 5.91. The third kappa shape index (κ3) is 3.42. The Labute approximate surface area is 124 Å². The fourth-order valence-corrected chi connectivity index (χ4v) is 4.09. The lowest BCUT2D eigenvalue weighted by Crippen LogP contribution is -2.46. The molecule has 0 radical (unpaired) electrons. The first-order valence-corrected chi connectivity index (χ1v) is 8.38. The maximum absolute atomic E-state index is 12.6. The zero-order valence-corrected chi connectivity index (χ0v) is 12.8. The molecule has 6 nitrogen and oxygen atoms in total. The van der Waals surface area contributed by atoms with Gasteiger partial charge in [-0.3, -0.25) is 4.79 Å². The van der Waals surface area contributed by atoms with E-state index in [4.69, 9.17) is 5.11 Å². The van der Waals surface area contributed by atoms with Crippen molar-refractivity contribution in [3.63, 3.8) is 0 Å². The zero-order chi connectivity index (χ0) is 15.5. The first kappa shape index (κ1) is 15.9. The number of benzene rings is 1. The second-order valence-corrected chi connectivity index (χ2v) is 6.99. The Morgan fingerprint density at radius 3 is 2.67 bits per heavy atom. The third-order valence-corrected chi connectivity index (χ3v) is 5.47. The summed E-state index contributed by atoms with van der Waals surface area (Å²) in [6.45, 7) is 2.20. The van der Waals surface area contributed by atoms with E-state index in [0.29, 0.717) is 19.4 Å². The van der Waals surface area contributed by atoms with Crippen LogP contribution in [0.15, 0.2) is 29.2 Å². The average molecular weight is 312 g/mol. The van der Waals surface area contributed by atoms with Gasteiger partial charge in [-0.05, 0) is 31.9 Å². The van der Waals surface area contributed by atoms with Gasteiger partial charge < -0.3 is 10.4 Å². The van der Waals surface area contributed by atoms with Gasteiger partial charge in [0.1, 0.15) is 6.04 Å². The van der Waals surface area contributed by atoms with Crippen molar-refractivity contribution in [2.45, 2.75) is 30.7 Å². The molecule has 1 aliphatic heterocycles. The lowest BCUT2D eigenvalue weighted by atomic mass is 10.2. The van der Waals surface area contributed by atoms with Crippen LogP contribution in [0.4, 0.5) is 0 Å². The minimum Gasteiger partial charge on any atom is -0.395 e. The Morgan fingerprint density at radius 2 is 2.05 bits per heavy atom. The first-order valence-electron chi connectivity index (χ1n) is 6.94. The topological polar surface area (TPSA) is 86.7 Å². The maximum Gasteiger partial charge on any atom is 0.243 e. The second-order valence-electron chi connectivity index (χ2n) is 5.10. The van der Waals surface area contributed by atoms with Crippen LogP contribution in [0.1, 0.15) is 18.4 Å². The van der Waals surface area contributed by atoms with E-state index in [9.17, 15) is 13.2 Å². The molecule has 1 atom stereocenters. The van der Waals surface area contributed by atoms with Crippen molar-refractivity contribution >= 4 is 15.9 Å². The van der Waals surface area contributed by atoms with Crippen LogP contribution >= 0.6 is 0 Å². The van der Waals surface area contributed by atoms with Crippen LogP contribution in [-0.2, 0) is 14.8 Å². The number of amides is 1. The fraction of sp³-hybridized carbons (Fsp3) is 0.500. The Balaban J connectivity index is 2.22. The van der Waals surface area contributed by atoms with E-state index in [0.717, 1.165) is 5.56 Å². The standard InChI is InChI=1S/C14H20N2O4S/c1-11-4-6-12(7-5-11)21(19,20)16-9-2-3-13(16)14(18)15-8-10-17/h4-7,13,17H,2-3,8-10H2,1H3,(H,15,18)/t13-/m1/s1. The number of aliphatic hydroxyl groups is 1. The van der Waals surface area contributed by atoms with Crippen LogP contribution in [0.2, 0.25) is 0 Å². The number of rotatable bonds is 5. The monoisotopic (exact) mass is 312 g/mol. The Morgan fingerprint density at radius 1 is 1.38 bits per heavy atom. The maximum atomic E-state index is 12.6. The highest BCUT2D eigenvalue weighted by molar-refractivity contribution is 7.89. The highest BCUT2D eigenvalue weighted by Crippen LogP contribution is 2.26. The van der Waals surface area contributed by atoms with E-state index in [-0.39, 0.29) is 24.0 Å². The van der Waals surface area contributed by atoms with E-state index in [2.05, 4.69) is 5.32 Å². The Kier molecular flexibility index (Phi) is 4.97. The van der Waals surface area contributed by atoms with E-state index < -0.39 is 16.1 Å². The van der Waals surface area contributed by atoms with Crippen molar-refractivity contribution in [2.75, 3.05) is 19.7 Å². The minimum atomic E-state index is -3.66. The molecular weight excluding hydrogens is 292 g/mol. The lowest BCUT2D eigenvalue weighted by molar-refractivity contribution is -0.124. The normalized spacial score (nSPS) is 19.6. The largest absolute Gasteiger partial charge is 0.395 e. The van der Waals surface area contributed by atoms with Crippen molar-refractivity contribution < 1.29 is 18.3 Å². The summed E-state index contributed by atoms with van der Waals surface area (Å²) in [5.74, 6) is -0.350. The molecule has 0 aromatic heterocycles. The molecule has 21 heavy (non-hydrogen) atoms. The van der Waals surface area contributed by atoms with Gasteiger partial charge in [0.05, 0.1) is 11.5 Å². The van der Waals surface area contributed by atoms with Gasteiger partial charge in [0, 0.05) is 13.1 Å². The molecule has 1 fully saturated rings. The van der Waals surface area contributed by atoms with E-state index in [1.54, 1.807) is 24.3 Å². The summed E-state index contributed by atoms with van der Waals surface area (Å²) in [5.41, 5.74) is 0.979. The molecule has 1 aliphatic rings. The molecule has 1 heterocycles. The molecule has 2 N–H and O–H groups in total. The number of carbonyl (C=O) groups excluding carboxylic acids is 1. The highest BCUT2D eigenvalue weighted by Gasteiger charge is 2.39. The molecule has 0 aliphatic carbocycles. The summed E-state index contributed by atoms with van der Waals surface area (Å²) in [4.78, 5) is 12.2. The Hall–Kier alpha value is -1.44. The van der Waals surface area contributed by atoms with Crippen LogP contribution in [0.3, 0.4) is 0 Å². The SMILES string of the molecule is Cc1ccc(S(=O)(=O)N2CCC[C@@H]2C(=O)NCCO)cc1. The number of nitrogens with one attached hydrogen (secondary N) is 1. The molecule has 0 unspecified atom stereocenters. The van der Waals surface area contributed by atoms with Crippen molar-refractivity contribution in [2.24, 2.45) is 0 Å². The molecule has 0 saturated carbocycles. The lowest BCUT2D eigenvalue weighted by Gasteiger charge is -2.23. The molecule has 116 valence electrons. The molecule has 0 spiro atoms. The van der Waals surface area contributed by atoms with Gasteiger partial charge >= 0.3 is 0 Å². The number of sulfonamides is 1. The van der Waals surface area contributed by atoms with Crippen LogP contribution in [-0.4, -0.2) is 49.5 Å². The van der Waals surface area contributed by atoms with Gasteiger partial charge in [-0.2, -0.15) is 4.31 Å². The predicted octanol–water partition coefficient (Wildman–Crippen LogP) is 0.257. The summed E-state index contributed by atoms with van der Waals surface area (Å²) >= 11 is 0. The minimum absolute atomic E-state index is 0.133. The molecule has 2 rings (SSSR count). The van der Waals surface area contributed by atoms with E-state index >= 15 is 0 Å². The summed E-state index contributed by atoms with van der Waals surface area (Å²) in [6.07, 6.45) is 1.16. The van der Waals surface area contributed by atoms with Gasteiger partial charge in [-0.15, -0.1) is 0 Å². The van der Waals surface area contributed by atoms with E-state index in [1.807, 2.05) is 6.92 Å². The summed E-state index contributed by atoms with van der Waals surface area (Å²) < 4.78 is 26.5. The predicted molar refractivity (Wildman–Crippen MR) is 78.2 cm³/mol. The van der Waals surface area contributed by atoms with Crippen molar-refractivity contribution in [3.8, 4) is 0 Å². The van der Waals surface area contributed by atoms with Crippen LogP contribution in [0, 0.1) is 6.92 Å². The van der Waals surface area contributed by atoms with Crippen molar-refractivity contribution in [3.05, 3.63) is 29.8 Å².